The number of amides is 3. The fourth-order valence-electron chi connectivity index (χ4n) is 3.43. The Morgan fingerprint density at radius 2 is 1.42 bits per heavy atom. The molecule has 0 aliphatic heterocycles. The van der Waals surface area contributed by atoms with E-state index in [4.69, 9.17) is 0 Å². The van der Waals surface area contributed by atoms with Crippen LogP contribution in [0.4, 0.5) is 11.4 Å². The summed E-state index contributed by atoms with van der Waals surface area (Å²) in [6.07, 6.45) is 0. The molecule has 2 rings (SSSR count). The zero-order chi connectivity index (χ0) is 23.0. The molecule has 1 atom stereocenters. The number of hydrogen-bond acceptors (Lipinski definition) is 3. The lowest BCUT2D eigenvalue weighted by atomic mass is 10.1. The Kier molecular flexibility index (Phi) is 8.75. The molecule has 0 bridgehead atoms. The van der Waals surface area contributed by atoms with Gasteiger partial charge in [-0.25, -0.2) is 0 Å². The highest BCUT2D eigenvalue weighted by Gasteiger charge is 2.17. The number of benzene rings is 2. The zero-order valence-corrected chi connectivity index (χ0v) is 19.0. The van der Waals surface area contributed by atoms with E-state index < -0.39 is 0 Å². The molecule has 7 nitrogen and oxygen atoms in total. The summed E-state index contributed by atoms with van der Waals surface area (Å²) in [5.41, 5.74) is 3.93. The van der Waals surface area contributed by atoms with Crippen LogP contribution in [0.3, 0.4) is 0 Å². The minimum Gasteiger partial charge on any atom is -0.339 e. The summed E-state index contributed by atoms with van der Waals surface area (Å²) in [6.45, 7) is 9.33. The number of carbonyl (C=O) groups excluding carboxylic acids is 3. The van der Waals surface area contributed by atoms with Gasteiger partial charge in [-0.3, -0.25) is 14.4 Å². The van der Waals surface area contributed by atoms with Crippen molar-refractivity contribution in [1.82, 2.24) is 4.90 Å². The maximum atomic E-state index is 12.5. The summed E-state index contributed by atoms with van der Waals surface area (Å²) in [4.78, 5) is 39.8. The second-order valence-corrected chi connectivity index (χ2v) is 7.73. The molecule has 2 aromatic carbocycles. The molecular formula is C24H33N4O3+. The van der Waals surface area contributed by atoms with E-state index in [1.165, 1.54) is 0 Å². The summed E-state index contributed by atoms with van der Waals surface area (Å²) in [5, 5.41) is 5.76. The number of anilines is 2. The number of carbonyl (C=O) groups is 3. The largest absolute Gasteiger partial charge is 0.339 e. The third kappa shape index (κ3) is 6.93. The van der Waals surface area contributed by atoms with E-state index in [9.17, 15) is 14.4 Å². The van der Waals surface area contributed by atoms with Gasteiger partial charge in [0.25, 0.3) is 17.7 Å². The molecule has 1 unspecified atom stereocenters. The summed E-state index contributed by atoms with van der Waals surface area (Å²) in [5.74, 6) is -0.425. The average molecular weight is 426 g/mol. The van der Waals surface area contributed by atoms with Gasteiger partial charge in [-0.1, -0.05) is 24.3 Å². The van der Waals surface area contributed by atoms with E-state index in [1.807, 2.05) is 45.9 Å². The van der Waals surface area contributed by atoms with Crippen LogP contribution in [0.1, 0.15) is 35.3 Å². The Morgan fingerprint density at radius 3 is 2.00 bits per heavy atom. The van der Waals surface area contributed by atoms with Gasteiger partial charge in [0, 0.05) is 30.0 Å². The Bertz CT molecular complexity index is 918. The van der Waals surface area contributed by atoms with Gasteiger partial charge in [0.05, 0.1) is 7.05 Å². The highest BCUT2D eigenvalue weighted by Crippen LogP contribution is 2.19. The molecule has 31 heavy (non-hydrogen) atoms. The third-order valence-electron chi connectivity index (χ3n) is 5.11. The maximum absolute atomic E-state index is 12.5. The first-order chi connectivity index (χ1) is 14.7. The number of nitrogens with zero attached hydrogens (tertiary/aromatic N) is 1. The van der Waals surface area contributed by atoms with Crippen molar-refractivity contribution in [2.45, 2.75) is 27.7 Å². The predicted octanol–water partition coefficient (Wildman–Crippen LogP) is 1.88. The van der Waals surface area contributed by atoms with Crippen molar-refractivity contribution in [1.29, 1.82) is 0 Å². The van der Waals surface area contributed by atoms with Gasteiger partial charge in [0.2, 0.25) is 0 Å². The lowest BCUT2D eigenvalue weighted by molar-refractivity contribution is -0.862. The van der Waals surface area contributed by atoms with Crippen LogP contribution in [0, 0.1) is 13.8 Å². The van der Waals surface area contributed by atoms with Crippen molar-refractivity contribution in [2.75, 3.05) is 43.9 Å². The molecule has 3 amide bonds. The fraction of sp³-hybridized carbons (Fsp3) is 0.375. The molecule has 0 fully saturated rings. The number of hydrogen-bond donors (Lipinski definition) is 3. The number of quaternary nitrogens is 1. The quantitative estimate of drug-likeness (QED) is 0.574. The smallest absolute Gasteiger partial charge is 0.279 e. The third-order valence-corrected chi connectivity index (χ3v) is 5.11. The molecule has 0 heterocycles. The molecule has 0 aromatic heterocycles. The maximum Gasteiger partial charge on any atom is 0.279 e. The second-order valence-electron chi connectivity index (χ2n) is 7.73. The van der Waals surface area contributed by atoms with Crippen LogP contribution < -0.4 is 15.5 Å². The van der Waals surface area contributed by atoms with Gasteiger partial charge in [0.1, 0.15) is 0 Å². The summed E-state index contributed by atoms with van der Waals surface area (Å²) < 4.78 is 0. The van der Waals surface area contributed by atoms with Crippen molar-refractivity contribution in [3.63, 3.8) is 0 Å². The lowest BCUT2D eigenvalue weighted by Crippen LogP contribution is -3.11. The van der Waals surface area contributed by atoms with Crippen molar-refractivity contribution in [2.24, 2.45) is 0 Å². The lowest BCUT2D eigenvalue weighted by Gasteiger charge is -2.19. The fourth-order valence-corrected chi connectivity index (χ4v) is 3.43. The molecule has 0 aliphatic carbocycles. The molecule has 0 saturated heterocycles. The predicted molar refractivity (Wildman–Crippen MR) is 123 cm³/mol. The standard InChI is InChI=1S/C24H32N4O3/c1-6-28(7-2)24(31)19-12-9-13-20(14-19)25-21(29)15-27(5)16-22(30)26-23-17(3)10-8-11-18(23)4/h8-14H,6-7,15-16H2,1-5H3,(H,25,29)(H,26,30)/p+1. The monoisotopic (exact) mass is 425 g/mol. The van der Waals surface area contributed by atoms with E-state index in [1.54, 1.807) is 36.2 Å². The Morgan fingerprint density at radius 1 is 0.871 bits per heavy atom. The number of rotatable bonds is 9. The highest BCUT2D eigenvalue weighted by molar-refractivity contribution is 5.97. The van der Waals surface area contributed by atoms with Crippen molar-refractivity contribution in [3.8, 4) is 0 Å². The van der Waals surface area contributed by atoms with Crippen molar-refractivity contribution in [3.05, 3.63) is 59.2 Å². The molecule has 0 radical (unpaired) electrons. The number of nitrogens with one attached hydrogen (secondary N) is 3. The van der Waals surface area contributed by atoms with Crippen molar-refractivity contribution < 1.29 is 19.3 Å². The molecule has 2 aromatic rings. The van der Waals surface area contributed by atoms with Gasteiger partial charge in [0.15, 0.2) is 13.1 Å². The molecule has 0 spiro atoms. The van der Waals surface area contributed by atoms with Crippen LogP contribution in [-0.2, 0) is 9.59 Å². The molecule has 0 aliphatic rings. The zero-order valence-electron chi connectivity index (χ0n) is 19.0. The topological polar surface area (TPSA) is 83.0 Å². The Labute approximate surface area is 184 Å². The SMILES string of the molecule is CCN(CC)C(=O)c1cccc(NC(=O)C[NH+](C)CC(=O)Nc2c(C)cccc2C)c1. The van der Waals surface area contributed by atoms with E-state index in [0.717, 1.165) is 21.7 Å². The number of likely N-dealkylation sites (N-methyl/N-ethyl adjacent to an activating group) is 1. The normalized spacial score (nSPS) is 11.5. The first-order valence-electron chi connectivity index (χ1n) is 10.6. The minimum atomic E-state index is -0.218. The van der Waals surface area contributed by atoms with E-state index in [2.05, 4.69) is 10.6 Å². The van der Waals surface area contributed by atoms with Crippen LogP contribution in [0.5, 0.6) is 0 Å². The molecule has 166 valence electrons. The van der Waals surface area contributed by atoms with Crippen LogP contribution in [-0.4, -0.2) is 55.8 Å². The van der Waals surface area contributed by atoms with E-state index >= 15 is 0 Å². The van der Waals surface area contributed by atoms with Gasteiger partial charge in [-0.2, -0.15) is 0 Å². The van der Waals surface area contributed by atoms with Crippen molar-refractivity contribution >= 4 is 29.1 Å². The Hall–Kier alpha value is -3.19. The second kappa shape index (κ2) is 11.3. The van der Waals surface area contributed by atoms with E-state index in [-0.39, 0.29) is 30.8 Å². The van der Waals surface area contributed by atoms with Gasteiger partial charge >= 0.3 is 0 Å². The number of aryl methyl sites for hydroxylation is 2. The van der Waals surface area contributed by atoms with E-state index in [0.29, 0.717) is 24.3 Å². The summed E-state index contributed by atoms with van der Waals surface area (Å²) in [7, 11) is 1.80. The highest BCUT2D eigenvalue weighted by atomic mass is 16.2. The molecule has 0 saturated carbocycles. The first kappa shape index (κ1) is 24.1. The van der Waals surface area contributed by atoms with Gasteiger partial charge < -0.3 is 20.4 Å². The summed E-state index contributed by atoms with van der Waals surface area (Å²) >= 11 is 0. The van der Waals surface area contributed by atoms with Gasteiger partial charge in [-0.15, -0.1) is 0 Å². The Balaban J connectivity index is 1.91. The average Bonchev–Trinajstić information content (AvgIpc) is 2.71. The first-order valence-corrected chi connectivity index (χ1v) is 10.6. The van der Waals surface area contributed by atoms with Crippen LogP contribution >= 0.6 is 0 Å². The molecular weight excluding hydrogens is 392 g/mol. The minimum absolute atomic E-state index is 0.0630. The molecule has 7 heteroatoms. The molecule has 3 N–H and O–H groups in total. The number of para-hydroxylation sites is 1. The summed E-state index contributed by atoms with van der Waals surface area (Å²) in [6, 6.07) is 12.8. The van der Waals surface area contributed by atoms with Crippen LogP contribution in [0.2, 0.25) is 0 Å². The van der Waals surface area contributed by atoms with Gasteiger partial charge in [-0.05, 0) is 57.0 Å². The van der Waals surface area contributed by atoms with Crippen LogP contribution in [0.15, 0.2) is 42.5 Å². The van der Waals surface area contributed by atoms with Crippen LogP contribution in [0.25, 0.3) is 0 Å².